The van der Waals surface area contributed by atoms with Crippen LogP contribution in [0.1, 0.15) is 11.5 Å². The third-order valence-electron chi connectivity index (χ3n) is 11.3. The van der Waals surface area contributed by atoms with Crippen molar-refractivity contribution in [1.82, 2.24) is 4.57 Å². The highest BCUT2D eigenvalue weighted by Gasteiger charge is 2.38. The van der Waals surface area contributed by atoms with Crippen molar-refractivity contribution in [1.29, 1.82) is 0 Å². The zero-order valence-corrected chi connectivity index (χ0v) is 28.5. The molecule has 52 heavy (non-hydrogen) atoms. The quantitative estimate of drug-likeness (QED) is 0.182. The molecule has 0 spiro atoms. The van der Waals surface area contributed by atoms with Gasteiger partial charge in [0.2, 0.25) is 0 Å². The number of fused-ring (bicyclic) bond motifs is 8. The van der Waals surface area contributed by atoms with Gasteiger partial charge in [0.1, 0.15) is 0 Å². The van der Waals surface area contributed by atoms with E-state index in [0.717, 1.165) is 0 Å². The summed E-state index contributed by atoms with van der Waals surface area (Å²) in [6.07, 6.45) is 9.13. The number of para-hydroxylation sites is 1. The Bertz CT molecular complexity index is 2910. The first-order valence-corrected chi connectivity index (χ1v) is 18.2. The third-order valence-corrected chi connectivity index (χ3v) is 11.3. The fraction of sp³-hybridized carbons (Fsp3) is 0.0400. The number of rotatable bonds is 4. The van der Waals surface area contributed by atoms with E-state index in [2.05, 4.69) is 204 Å². The van der Waals surface area contributed by atoms with Crippen LogP contribution in [-0.2, 0) is 0 Å². The molecule has 0 fully saturated rings. The molecule has 9 aromatic rings. The lowest BCUT2D eigenvalue weighted by Crippen LogP contribution is -2.28. The first kappa shape index (κ1) is 29.1. The molecule has 1 aliphatic heterocycles. The second-order valence-electron chi connectivity index (χ2n) is 14.1. The van der Waals surface area contributed by atoms with Gasteiger partial charge in [-0.25, -0.2) is 0 Å². The summed E-state index contributed by atoms with van der Waals surface area (Å²) in [5, 5.41) is 7.60. The molecule has 1 aliphatic carbocycles. The Kier molecular flexibility index (Phi) is 6.41. The van der Waals surface area contributed by atoms with Gasteiger partial charge in [-0.2, -0.15) is 0 Å². The lowest BCUT2D eigenvalue weighted by molar-refractivity contribution is 0.746. The molecule has 8 aromatic carbocycles. The Balaban J connectivity index is 0.972. The van der Waals surface area contributed by atoms with Crippen LogP contribution in [0.4, 0.5) is 11.4 Å². The van der Waals surface area contributed by atoms with Gasteiger partial charge >= 0.3 is 0 Å². The Hall–Kier alpha value is -6.64. The topological polar surface area (TPSA) is 8.17 Å². The van der Waals surface area contributed by atoms with E-state index in [4.69, 9.17) is 0 Å². The summed E-state index contributed by atoms with van der Waals surface area (Å²) in [7, 11) is 0. The average Bonchev–Trinajstić information content (AvgIpc) is 3.72. The molecule has 2 heteroatoms. The fourth-order valence-corrected chi connectivity index (χ4v) is 8.89. The Labute approximate surface area is 302 Å². The van der Waals surface area contributed by atoms with E-state index >= 15 is 0 Å². The number of anilines is 2. The van der Waals surface area contributed by atoms with Gasteiger partial charge in [0.15, 0.2) is 0 Å². The maximum Gasteiger partial charge on any atom is 0.0629 e. The van der Waals surface area contributed by atoms with Crippen molar-refractivity contribution in [3.05, 3.63) is 200 Å². The first-order valence-electron chi connectivity index (χ1n) is 18.2. The van der Waals surface area contributed by atoms with Gasteiger partial charge in [0, 0.05) is 38.8 Å². The minimum atomic E-state index is 0.255. The van der Waals surface area contributed by atoms with Crippen molar-refractivity contribution >= 4 is 54.7 Å². The molecule has 2 atom stereocenters. The third kappa shape index (κ3) is 4.37. The van der Waals surface area contributed by atoms with Crippen LogP contribution in [0.2, 0.25) is 0 Å². The molecule has 1 aromatic heterocycles. The predicted molar refractivity (Wildman–Crippen MR) is 220 cm³/mol. The molecule has 0 saturated heterocycles. The SMILES string of the molecule is C1=CC2c3cc(-c4ccc(-c5ccc6c(c5)c5ccccc5n6-c5cccc6ccccc56)cc4)ccc3N(c3cccc4ccccc34)C2C=C1. The number of nitrogens with zero attached hydrogens (tertiary/aromatic N) is 2. The number of hydrogen-bond acceptors (Lipinski definition) is 1. The highest BCUT2D eigenvalue weighted by molar-refractivity contribution is 6.11. The second-order valence-corrected chi connectivity index (χ2v) is 14.1. The maximum atomic E-state index is 2.54. The van der Waals surface area contributed by atoms with Crippen LogP contribution < -0.4 is 4.90 Å². The van der Waals surface area contributed by atoms with E-state index in [-0.39, 0.29) is 6.04 Å². The molecule has 2 unspecified atom stereocenters. The monoisotopic (exact) mass is 662 g/mol. The molecule has 2 heterocycles. The molecule has 0 bridgehead atoms. The minimum absolute atomic E-state index is 0.255. The summed E-state index contributed by atoms with van der Waals surface area (Å²) >= 11 is 0. The number of aromatic nitrogens is 1. The van der Waals surface area contributed by atoms with Crippen molar-refractivity contribution < 1.29 is 0 Å². The summed E-state index contributed by atoms with van der Waals surface area (Å²) in [5.41, 5.74) is 12.5. The summed E-state index contributed by atoms with van der Waals surface area (Å²) in [6, 6.07) is 62.8. The highest BCUT2D eigenvalue weighted by Crippen LogP contribution is 2.50. The molecule has 0 amide bonds. The molecule has 244 valence electrons. The van der Waals surface area contributed by atoms with E-state index in [1.54, 1.807) is 0 Å². The summed E-state index contributed by atoms with van der Waals surface area (Å²) in [5.74, 6) is 0.306. The van der Waals surface area contributed by atoms with Gasteiger partial charge in [-0.05, 0) is 81.1 Å². The molecule has 0 radical (unpaired) electrons. The maximum absolute atomic E-state index is 2.54. The van der Waals surface area contributed by atoms with Crippen LogP contribution in [0, 0.1) is 0 Å². The molecule has 2 nitrogen and oxygen atoms in total. The number of allylic oxidation sites excluding steroid dienone is 2. The van der Waals surface area contributed by atoms with Gasteiger partial charge in [-0.3, -0.25) is 0 Å². The van der Waals surface area contributed by atoms with Gasteiger partial charge in [0.25, 0.3) is 0 Å². The van der Waals surface area contributed by atoms with E-state index in [1.165, 1.54) is 88.2 Å². The normalized spacial score (nSPS) is 16.3. The van der Waals surface area contributed by atoms with Crippen LogP contribution in [0.3, 0.4) is 0 Å². The van der Waals surface area contributed by atoms with Crippen LogP contribution in [0.5, 0.6) is 0 Å². The summed E-state index contributed by atoms with van der Waals surface area (Å²) in [6.45, 7) is 0. The van der Waals surface area contributed by atoms with Crippen molar-refractivity contribution in [2.24, 2.45) is 0 Å². The zero-order chi connectivity index (χ0) is 34.2. The lowest BCUT2D eigenvalue weighted by Gasteiger charge is -2.29. The molecule has 2 aliphatic rings. The van der Waals surface area contributed by atoms with Gasteiger partial charge in [-0.15, -0.1) is 0 Å². The fourth-order valence-electron chi connectivity index (χ4n) is 8.89. The van der Waals surface area contributed by atoms with Crippen molar-refractivity contribution in [3.63, 3.8) is 0 Å². The second kappa shape index (κ2) is 11.4. The molecule has 0 N–H and O–H groups in total. The predicted octanol–water partition coefficient (Wildman–Crippen LogP) is 13.2. The molecule has 11 rings (SSSR count). The van der Waals surface area contributed by atoms with Crippen LogP contribution >= 0.6 is 0 Å². The van der Waals surface area contributed by atoms with E-state index in [0.29, 0.717) is 5.92 Å². The van der Waals surface area contributed by atoms with Crippen LogP contribution in [-0.4, -0.2) is 10.6 Å². The standard InChI is InChI=1S/C50H34N2/c1-3-15-39-35(11-1)13-9-21-45(39)51-47-19-7-5-17-41(47)43-31-37(27-29-49(43)51)33-23-25-34(26-24-33)38-28-30-50-44(32-38)42-18-6-8-20-48(42)52(50)46-22-10-14-36-12-2-4-16-40(36)46/h1-32,41,47H. The summed E-state index contributed by atoms with van der Waals surface area (Å²) < 4.78 is 2.43. The smallest absolute Gasteiger partial charge is 0.0629 e. The van der Waals surface area contributed by atoms with Gasteiger partial charge in [-0.1, -0.05) is 152 Å². The van der Waals surface area contributed by atoms with Gasteiger partial charge < -0.3 is 9.47 Å². The molecular weight excluding hydrogens is 629 g/mol. The highest BCUT2D eigenvalue weighted by atomic mass is 15.2. The van der Waals surface area contributed by atoms with Gasteiger partial charge in [0.05, 0.1) is 22.8 Å². The van der Waals surface area contributed by atoms with Crippen LogP contribution in [0.15, 0.2) is 194 Å². The average molecular weight is 663 g/mol. The molecule has 0 saturated carbocycles. The minimum Gasteiger partial charge on any atom is -0.333 e. The van der Waals surface area contributed by atoms with Crippen molar-refractivity contribution in [3.8, 4) is 27.9 Å². The largest absolute Gasteiger partial charge is 0.333 e. The van der Waals surface area contributed by atoms with Crippen molar-refractivity contribution in [2.75, 3.05) is 4.90 Å². The Morgan fingerprint density at radius 1 is 0.365 bits per heavy atom. The number of benzene rings is 8. The zero-order valence-electron chi connectivity index (χ0n) is 28.5. The van der Waals surface area contributed by atoms with Crippen LogP contribution in [0.25, 0.3) is 71.3 Å². The Morgan fingerprint density at radius 2 is 0.923 bits per heavy atom. The first-order chi connectivity index (χ1) is 25.8. The van der Waals surface area contributed by atoms with Crippen molar-refractivity contribution in [2.45, 2.75) is 12.0 Å². The van der Waals surface area contributed by atoms with E-state index < -0.39 is 0 Å². The molecular formula is C50H34N2. The summed E-state index contributed by atoms with van der Waals surface area (Å²) in [4.78, 5) is 2.54. The number of hydrogen-bond donors (Lipinski definition) is 0. The van der Waals surface area contributed by atoms with E-state index in [9.17, 15) is 0 Å². The lowest BCUT2D eigenvalue weighted by atomic mass is 9.89. The van der Waals surface area contributed by atoms with E-state index in [1.807, 2.05) is 0 Å². The Morgan fingerprint density at radius 3 is 1.69 bits per heavy atom.